The lowest BCUT2D eigenvalue weighted by Crippen LogP contribution is -2.21. The van der Waals surface area contributed by atoms with Crippen molar-refractivity contribution >= 4 is 17.7 Å². The molecular weight excluding hydrogens is 263 g/mol. The number of nitrogens with one attached hydrogen (secondary N) is 1. The number of hydrogen-bond donors (Lipinski definition) is 2. The molecule has 1 aromatic rings. The van der Waals surface area contributed by atoms with Crippen LogP contribution in [0, 0.1) is 0 Å². The summed E-state index contributed by atoms with van der Waals surface area (Å²) < 4.78 is 36.7. The molecule has 1 heterocycles. The number of hydrogen-bond acceptors (Lipinski definition) is 4. The molecule has 1 rings (SSSR count). The summed E-state index contributed by atoms with van der Waals surface area (Å²) in [7, 11) is 0. The van der Waals surface area contributed by atoms with Gasteiger partial charge in [-0.05, 0) is 0 Å². The van der Waals surface area contributed by atoms with Gasteiger partial charge in [0.2, 0.25) is 0 Å². The highest BCUT2D eigenvalue weighted by molar-refractivity contribution is 7.99. The number of halogens is 3. The Morgan fingerprint density at radius 1 is 1.53 bits per heavy atom. The predicted molar refractivity (Wildman–Crippen MR) is 51.9 cm³/mol. The number of carbonyl (C=O) groups is 1. The molecule has 0 bridgehead atoms. The van der Waals surface area contributed by atoms with Crippen molar-refractivity contribution in [2.45, 2.75) is 24.3 Å². The number of aromatic nitrogens is 3. The van der Waals surface area contributed by atoms with Crippen molar-refractivity contribution in [1.82, 2.24) is 14.8 Å². The molecule has 0 aliphatic heterocycles. The van der Waals surface area contributed by atoms with Crippen LogP contribution in [-0.4, -0.2) is 37.8 Å². The van der Waals surface area contributed by atoms with E-state index < -0.39 is 30.8 Å². The summed E-state index contributed by atoms with van der Waals surface area (Å²) >= 11 is 0.680. The molecule has 96 valence electrons. The van der Waals surface area contributed by atoms with Crippen LogP contribution in [0.2, 0.25) is 0 Å². The van der Waals surface area contributed by atoms with Gasteiger partial charge in [0.05, 0.1) is 12.2 Å². The average Bonchev–Trinajstić information content (AvgIpc) is 2.52. The van der Waals surface area contributed by atoms with Crippen molar-refractivity contribution in [3.05, 3.63) is 10.5 Å². The molecule has 0 aliphatic rings. The summed E-state index contributed by atoms with van der Waals surface area (Å²) in [4.78, 5) is 21.4. The minimum Gasteiger partial charge on any atom is -0.481 e. The van der Waals surface area contributed by atoms with E-state index in [1.807, 2.05) is 5.10 Å². The van der Waals surface area contributed by atoms with Crippen molar-refractivity contribution in [2.75, 3.05) is 5.75 Å². The number of alkyl halides is 3. The molecule has 0 unspecified atom stereocenters. The summed E-state index contributed by atoms with van der Waals surface area (Å²) in [5, 5.41) is 13.8. The van der Waals surface area contributed by atoms with E-state index in [9.17, 15) is 22.8 Å². The Hall–Kier alpha value is -1.45. The van der Waals surface area contributed by atoms with Gasteiger partial charge in [0.1, 0.15) is 0 Å². The number of aliphatic carboxylic acids is 1. The first kappa shape index (κ1) is 13.6. The van der Waals surface area contributed by atoms with Gasteiger partial charge in [-0.15, -0.1) is 5.10 Å². The second kappa shape index (κ2) is 5.25. The summed E-state index contributed by atoms with van der Waals surface area (Å²) in [6.07, 6.45) is -5.56. The van der Waals surface area contributed by atoms with E-state index in [1.165, 1.54) is 0 Å². The predicted octanol–water partition coefficient (Wildman–Crippen LogP) is 0.701. The molecule has 0 fully saturated rings. The van der Waals surface area contributed by atoms with Crippen molar-refractivity contribution in [1.29, 1.82) is 0 Å². The lowest BCUT2D eigenvalue weighted by atomic mass is 10.4. The zero-order valence-corrected chi connectivity index (χ0v) is 9.14. The molecule has 10 heteroatoms. The number of aromatic amines is 1. The molecule has 0 saturated carbocycles. The summed E-state index contributed by atoms with van der Waals surface area (Å²) in [6, 6.07) is 0. The topological polar surface area (TPSA) is 88.0 Å². The van der Waals surface area contributed by atoms with Crippen molar-refractivity contribution in [2.24, 2.45) is 0 Å². The number of thioether (sulfide) groups is 1. The summed E-state index contributed by atoms with van der Waals surface area (Å²) in [5.41, 5.74) is -0.790. The van der Waals surface area contributed by atoms with Gasteiger partial charge in [-0.1, -0.05) is 11.8 Å². The quantitative estimate of drug-likeness (QED) is 0.770. The van der Waals surface area contributed by atoms with Crippen LogP contribution in [0.15, 0.2) is 9.95 Å². The molecule has 2 N–H and O–H groups in total. The first-order valence-electron chi connectivity index (χ1n) is 4.36. The standard InChI is InChI=1S/C7H8F3N3O3S/c8-7(9,10)1-2-13-5(16)11-12-6(13)17-3-4(14)15/h1-3H2,(H,11,16)(H,14,15). The second-order valence-electron chi connectivity index (χ2n) is 3.01. The van der Waals surface area contributed by atoms with Crippen molar-refractivity contribution in [3.8, 4) is 0 Å². The average molecular weight is 271 g/mol. The van der Waals surface area contributed by atoms with E-state index in [2.05, 4.69) is 5.10 Å². The zero-order valence-electron chi connectivity index (χ0n) is 8.32. The van der Waals surface area contributed by atoms with Gasteiger partial charge in [0.15, 0.2) is 5.16 Å². The van der Waals surface area contributed by atoms with Crippen LogP contribution >= 0.6 is 11.8 Å². The van der Waals surface area contributed by atoms with Gasteiger partial charge in [-0.25, -0.2) is 9.89 Å². The third-order valence-corrected chi connectivity index (χ3v) is 2.63. The fraction of sp³-hybridized carbons (Fsp3) is 0.571. The highest BCUT2D eigenvalue weighted by Gasteiger charge is 2.27. The van der Waals surface area contributed by atoms with Crippen LogP contribution in [0.3, 0.4) is 0 Å². The minimum absolute atomic E-state index is 0.0679. The SMILES string of the molecule is O=C(O)CSc1n[nH]c(=O)n1CCC(F)(F)F. The van der Waals surface area contributed by atoms with Crippen molar-refractivity contribution in [3.63, 3.8) is 0 Å². The Labute approximate surface area is 96.8 Å². The van der Waals surface area contributed by atoms with Crippen LogP contribution in [0.5, 0.6) is 0 Å². The Kier molecular flexibility index (Phi) is 4.21. The number of H-pyrrole nitrogens is 1. The summed E-state index contributed by atoms with van der Waals surface area (Å²) in [5.74, 6) is -1.52. The molecule has 0 atom stereocenters. The highest BCUT2D eigenvalue weighted by atomic mass is 32.2. The molecule has 0 spiro atoms. The van der Waals surface area contributed by atoms with Crippen LogP contribution in [0.25, 0.3) is 0 Å². The largest absolute Gasteiger partial charge is 0.481 e. The summed E-state index contributed by atoms with van der Waals surface area (Å²) in [6.45, 7) is -0.583. The van der Waals surface area contributed by atoms with Crippen molar-refractivity contribution < 1.29 is 23.1 Å². The molecule has 6 nitrogen and oxygen atoms in total. The lowest BCUT2D eigenvalue weighted by Gasteiger charge is -2.07. The Bertz CT molecular complexity index is 453. The molecule has 1 aromatic heterocycles. The van der Waals surface area contributed by atoms with Gasteiger partial charge < -0.3 is 5.11 Å². The maximum atomic E-state index is 12.0. The zero-order chi connectivity index (χ0) is 13.1. The van der Waals surface area contributed by atoms with E-state index in [-0.39, 0.29) is 10.9 Å². The number of rotatable bonds is 5. The maximum Gasteiger partial charge on any atom is 0.390 e. The molecule has 0 saturated heterocycles. The monoisotopic (exact) mass is 271 g/mol. The molecular formula is C7H8F3N3O3S. The van der Waals surface area contributed by atoms with E-state index in [0.29, 0.717) is 11.8 Å². The minimum atomic E-state index is -4.38. The van der Waals surface area contributed by atoms with E-state index in [0.717, 1.165) is 4.57 Å². The maximum absolute atomic E-state index is 12.0. The van der Waals surface area contributed by atoms with Crippen LogP contribution in [0.1, 0.15) is 6.42 Å². The lowest BCUT2D eigenvalue weighted by molar-refractivity contribution is -0.137. The normalized spacial score (nSPS) is 11.7. The fourth-order valence-electron chi connectivity index (χ4n) is 0.975. The third-order valence-electron chi connectivity index (χ3n) is 1.67. The molecule has 0 radical (unpaired) electrons. The number of nitrogens with zero attached hydrogens (tertiary/aromatic N) is 2. The smallest absolute Gasteiger partial charge is 0.390 e. The van der Waals surface area contributed by atoms with Gasteiger partial charge >= 0.3 is 17.8 Å². The fourth-order valence-corrected chi connectivity index (χ4v) is 1.67. The molecule has 0 amide bonds. The number of carboxylic acid groups (broad SMARTS) is 1. The first-order chi connectivity index (χ1) is 7.79. The highest BCUT2D eigenvalue weighted by Crippen LogP contribution is 2.21. The van der Waals surface area contributed by atoms with Gasteiger partial charge in [-0.3, -0.25) is 9.36 Å². The van der Waals surface area contributed by atoms with E-state index in [4.69, 9.17) is 5.11 Å². The Balaban J connectivity index is 2.73. The second-order valence-corrected chi connectivity index (χ2v) is 3.95. The van der Waals surface area contributed by atoms with E-state index >= 15 is 0 Å². The van der Waals surface area contributed by atoms with Gasteiger partial charge in [0, 0.05) is 6.54 Å². The Morgan fingerprint density at radius 3 is 2.71 bits per heavy atom. The van der Waals surface area contributed by atoms with Crippen LogP contribution in [0.4, 0.5) is 13.2 Å². The van der Waals surface area contributed by atoms with Gasteiger partial charge in [0.25, 0.3) is 0 Å². The van der Waals surface area contributed by atoms with E-state index in [1.54, 1.807) is 0 Å². The first-order valence-corrected chi connectivity index (χ1v) is 5.34. The molecule has 0 aliphatic carbocycles. The number of carboxylic acids is 1. The third kappa shape index (κ3) is 4.51. The molecule has 0 aromatic carbocycles. The van der Waals surface area contributed by atoms with Gasteiger partial charge in [-0.2, -0.15) is 13.2 Å². The Morgan fingerprint density at radius 2 is 2.18 bits per heavy atom. The molecule has 17 heavy (non-hydrogen) atoms. The van der Waals surface area contributed by atoms with Crippen LogP contribution in [-0.2, 0) is 11.3 Å². The van der Waals surface area contributed by atoms with Crippen LogP contribution < -0.4 is 5.69 Å².